The van der Waals surface area contributed by atoms with Crippen LogP contribution in [0.3, 0.4) is 0 Å². The summed E-state index contributed by atoms with van der Waals surface area (Å²) in [6.07, 6.45) is 9.39. The molecule has 0 spiro atoms. The lowest BCUT2D eigenvalue weighted by atomic mass is 10.0. The number of imidazole rings is 1. The lowest BCUT2D eigenvalue weighted by molar-refractivity contribution is -0.0364. The van der Waals surface area contributed by atoms with Crippen LogP contribution >= 0.6 is 0 Å². The summed E-state index contributed by atoms with van der Waals surface area (Å²) in [5.74, 6) is 2.64. The predicted molar refractivity (Wildman–Crippen MR) is 153 cm³/mol. The van der Waals surface area contributed by atoms with Gasteiger partial charge in [-0.25, -0.2) is 9.78 Å². The molecule has 41 heavy (non-hydrogen) atoms. The lowest BCUT2D eigenvalue weighted by Gasteiger charge is -2.30. The quantitative estimate of drug-likeness (QED) is 0.248. The van der Waals surface area contributed by atoms with Crippen molar-refractivity contribution in [1.29, 1.82) is 0 Å². The number of rotatable bonds is 10. The zero-order valence-corrected chi connectivity index (χ0v) is 23.3. The SMILES string of the molecule is C#Cc1ccc(CN(CCOC(=O)OC2C[C@H](n3cnc4c(=O)[nH]c(N)nc43)O[C@@H]2CC)CC2CCCCN2)cc1. The minimum Gasteiger partial charge on any atom is -0.433 e. The van der Waals surface area contributed by atoms with Crippen LogP contribution in [0.4, 0.5) is 10.7 Å². The van der Waals surface area contributed by atoms with Gasteiger partial charge in [-0.15, -0.1) is 6.42 Å². The Balaban J connectivity index is 1.16. The minimum atomic E-state index is -0.735. The number of piperidine rings is 1. The summed E-state index contributed by atoms with van der Waals surface area (Å²) in [4.78, 5) is 37.9. The number of H-pyrrole nitrogens is 1. The van der Waals surface area contributed by atoms with Crippen LogP contribution in [0.25, 0.3) is 11.2 Å². The molecule has 12 nitrogen and oxygen atoms in total. The first-order chi connectivity index (χ1) is 19.9. The second-order valence-corrected chi connectivity index (χ2v) is 10.5. The molecule has 2 aromatic heterocycles. The van der Waals surface area contributed by atoms with Gasteiger partial charge in [-0.1, -0.05) is 31.4 Å². The fraction of sp³-hybridized carbons (Fsp3) is 0.517. The number of benzene rings is 1. The Morgan fingerprint density at radius 3 is 2.88 bits per heavy atom. The molecular weight excluding hydrogens is 526 g/mol. The molecule has 1 aromatic carbocycles. The van der Waals surface area contributed by atoms with Crippen molar-refractivity contribution in [1.82, 2.24) is 29.7 Å². The number of ether oxygens (including phenoxy) is 3. The predicted octanol–water partition coefficient (Wildman–Crippen LogP) is 2.55. The van der Waals surface area contributed by atoms with E-state index in [2.05, 4.69) is 31.1 Å². The highest BCUT2D eigenvalue weighted by Crippen LogP contribution is 2.34. The smallest absolute Gasteiger partial charge is 0.433 e. The highest BCUT2D eigenvalue weighted by atomic mass is 16.7. The largest absolute Gasteiger partial charge is 0.508 e. The van der Waals surface area contributed by atoms with Crippen molar-refractivity contribution >= 4 is 23.3 Å². The number of carbonyl (C=O) groups is 1. The molecule has 2 fully saturated rings. The number of aromatic nitrogens is 4. The first kappa shape index (κ1) is 28.6. The van der Waals surface area contributed by atoms with E-state index in [0.717, 1.165) is 37.2 Å². The summed E-state index contributed by atoms with van der Waals surface area (Å²) in [6.45, 7) is 5.31. The molecule has 4 N–H and O–H groups in total. The van der Waals surface area contributed by atoms with Crippen molar-refractivity contribution in [2.75, 3.05) is 32.0 Å². The molecule has 2 saturated heterocycles. The van der Waals surface area contributed by atoms with Gasteiger partial charge in [0.15, 0.2) is 11.2 Å². The molecule has 3 aromatic rings. The van der Waals surface area contributed by atoms with Crippen LogP contribution in [0, 0.1) is 12.3 Å². The van der Waals surface area contributed by atoms with E-state index in [0.29, 0.717) is 31.1 Å². The van der Waals surface area contributed by atoms with E-state index in [1.807, 2.05) is 31.2 Å². The summed E-state index contributed by atoms with van der Waals surface area (Å²) in [7, 11) is 0. The van der Waals surface area contributed by atoms with Crippen LogP contribution in [0.15, 0.2) is 35.4 Å². The summed E-state index contributed by atoms with van der Waals surface area (Å²) < 4.78 is 19.0. The molecule has 0 radical (unpaired) electrons. The standard InChI is InChI=1S/C29H37N7O5/c1-3-19-8-10-20(11-9-19)16-35(17-21-7-5-6-12-31-21)13-14-39-29(38)41-23-15-24(40-22(23)4-2)36-18-32-25-26(36)33-28(30)34-27(25)37/h1,8-11,18,21-24,31H,4-7,12-17H2,2H3,(H3,30,33,34,37)/t21?,22-,23?,24-/m1/s1. The number of aromatic amines is 1. The Morgan fingerprint density at radius 1 is 1.32 bits per heavy atom. The molecule has 2 unspecified atom stereocenters. The number of fused-ring (bicyclic) bond motifs is 1. The maximum Gasteiger partial charge on any atom is 0.508 e. The number of hydrogen-bond acceptors (Lipinski definition) is 10. The van der Waals surface area contributed by atoms with Crippen LogP contribution in [0.5, 0.6) is 0 Å². The van der Waals surface area contributed by atoms with Gasteiger partial charge in [-0.05, 0) is 43.5 Å². The number of carbonyl (C=O) groups excluding carboxylic acids is 1. The first-order valence-corrected chi connectivity index (χ1v) is 14.2. The maximum atomic E-state index is 12.7. The van der Waals surface area contributed by atoms with Gasteiger partial charge in [0.05, 0.1) is 12.4 Å². The molecule has 4 heterocycles. The van der Waals surface area contributed by atoms with Gasteiger partial charge in [0.1, 0.15) is 18.9 Å². The van der Waals surface area contributed by atoms with Gasteiger partial charge >= 0.3 is 6.16 Å². The van der Waals surface area contributed by atoms with Gasteiger partial charge in [-0.2, -0.15) is 4.98 Å². The van der Waals surface area contributed by atoms with E-state index >= 15 is 0 Å². The zero-order chi connectivity index (χ0) is 28.8. The lowest BCUT2D eigenvalue weighted by Crippen LogP contribution is -2.44. The molecule has 5 rings (SSSR count). The highest BCUT2D eigenvalue weighted by molar-refractivity contribution is 5.70. The van der Waals surface area contributed by atoms with Crippen LogP contribution in [-0.4, -0.2) is 75.1 Å². The number of anilines is 1. The molecule has 218 valence electrons. The number of hydrogen-bond donors (Lipinski definition) is 3. The number of nitrogens with one attached hydrogen (secondary N) is 2. The zero-order valence-electron chi connectivity index (χ0n) is 23.3. The Kier molecular flexibility index (Phi) is 9.18. The number of nitrogens with zero attached hydrogens (tertiary/aromatic N) is 4. The van der Waals surface area contributed by atoms with Crippen molar-refractivity contribution in [2.24, 2.45) is 0 Å². The fourth-order valence-corrected chi connectivity index (χ4v) is 5.52. The second-order valence-electron chi connectivity index (χ2n) is 10.5. The number of nitrogen functional groups attached to an aromatic ring is 1. The van der Waals surface area contributed by atoms with E-state index in [4.69, 9.17) is 26.4 Å². The van der Waals surface area contributed by atoms with E-state index in [-0.39, 0.29) is 24.2 Å². The van der Waals surface area contributed by atoms with E-state index < -0.39 is 24.0 Å². The third kappa shape index (κ3) is 7.05. The topological polar surface area (TPSA) is 150 Å². The van der Waals surface area contributed by atoms with Crippen molar-refractivity contribution in [3.63, 3.8) is 0 Å². The molecule has 4 atom stereocenters. The third-order valence-electron chi connectivity index (χ3n) is 7.64. The van der Waals surface area contributed by atoms with Crippen LogP contribution in [-0.2, 0) is 20.8 Å². The van der Waals surface area contributed by atoms with Gasteiger partial charge in [0.25, 0.3) is 5.56 Å². The van der Waals surface area contributed by atoms with Crippen LogP contribution in [0.1, 0.15) is 56.4 Å². The van der Waals surface area contributed by atoms with E-state index in [9.17, 15) is 9.59 Å². The average molecular weight is 564 g/mol. The Morgan fingerprint density at radius 2 is 2.15 bits per heavy atom. The maximum absolute atomic E-state index is 12.7. The summed E-state index contributed by atoms with van der Waals surface area (Å²) in [5, 5.41) is 3.59. The van der Waals surface area contributed by atoms with Gasteiger partial charge in [0.2, 0.25) is 5.95 Å². The molecular formula is C29H37N7O5. The molecule has 0 amide bonds. The summed E-state index contributed by atoms with van der Waals surface area (Å²) >= 11 is 0. The molecule has 2 aliphatic rings. The van der Waals surface area contributed by atoms with Crippen molar-refractivity contribution in [2.45, 2.75) is 70.1 Å². The van der Waals surface area contributed by atoms with E-state index in [1.54, 1.807) is 4.57 Å². The average Bonchev–Trinajstić information content (AvgIpc) is 3.58. The van der Waals surface area contributed by atoms with Crippen molar-refractivity contribution < 1.29 is 19.0 Å². The third-order valence-corrected chi connectivity index (χ3v) is 7.64. The molecule has 2 aliphatic heterocycles. The van der Waals surface area contributed by atoms with Gasteiger partial charge in [-0.3, -0.25) is 19.2 Å². The second kappa shape index (κ2) is 13.2. The fourth-order valence-electron chi connectivity index (χ4n) is 5.52. The molecule has 0 bridgehead atoms. The number of terminal acetylenes is 1. The van der Waals surface area contributed by atoms with E-state index in [1.165, 1.54) is 19.2 Å². The Bertz CT molecular complexity index is 1420. The molecule has 0 aliphatic carbocycles. The van der Waals surface area contributed by atoms with Crippen molar-refractivity contribution in [3.8, 4) is 12.3 Å². The Labute approximate surface area is 238 Å². The van der Waals surface area contributed by atoms with Crippen molar-refractivity contribution in [3.05, 3.63) is 52.1 Å². The molecule has 0 saturated carbocycles. The summed E-state index contributed by atoms with van der Waals surface area (Å²) in [5.41, 5.74) is 7.77. The molecule has 12 heteroatoms. The highest BCUT2D eigenvalue weighted by Gasteiger charge is 2.39. The monoisotopic (exact) mass is 563 g/mol. The normalized spacial score (nSPS) is 22.6. The Hall–Kier alpha value is -3.92. The first-order valence-electron chi connectivity index (χ1n) is 14.2. The van der Waals surface area contributed by atoms with Gasteiger partial charge < -0.3 is 25.3 Å². The van der Waals surface area contributed by atoms with Crippen LogP contribution < -0.4 is 16.6 Å². The van der Waals surface area contributed by atoms with Crippen LogP contribution in [0.2, 0.25) is 0 Å². The minimum absolute atomic E-state index is 0.0106. The van der Waals surface area contributed by atoms with Gasteiger partial charge in [0, 0.05) is 37.7 Å². The number of nitrogens with two attached hydrogens (primary N) is 1. The summed E-state index contributed by atoms with van der Waals surface area (Å²) in [6, 6.07) is 8.36.